The van der Waals surface area contributed by atoms with Crippen molar-refractivity contribution in [1.29, 1.82) is 0 Å². The Bertz CT molecular complexity index is 628. The third-order valence-electron chi connectivity index (χ3n) is 4.02. The maximum absolute atomic E-state index is 5.82. The first-order valence-corrected chi connectivity index (χ1v) is 8.10. The molecule has 2 aromatic rings. The highest BCUT2D eigenvalue weighted by Gasteiger charge is 2.31. The Balaban J connectivity index is 1.51. The highest BCUT2D eigenvalue weighted by atomic mass is 16.5. The summed E-state index contributed by atoms with van der Waals surface area (Å²) in [5, 5.41) is 3.56. The van der Waals surface area contributed by atoms with E-state index in [0.717, 1.165) is 31.0 Å². The first kappa shape index (κ1) is 16.0. The minimum Gasteiger partial charge on any atom is -0.487 e. The number of nitrogens with one attached hydrogen (secondary N) is 1. The van der Waals surface area contributed by atoms with Crippen molar-refractivity contribution in [3.63, 3.8) is 0 Å². The zero-order valence-electron chi connectivity index (χ0n) is 13.8. The Morgan fingerprint density at radius 1 is 1.26 bits per heavy atom. The van der Waals surface area contributed by atoms with E-state index in [1.807, 2.05) is 30.3 Å². The highest BCUT2D eigenvalue weighted by molar-refractivity contribution is 5.28. The van der Waals surface area contributed by atoms with E-state index >= 15 is 0 Å². The zero-order valence-corrected chi connectivity index (χ0v) is 13.8. The molecule has 0 aliphatic carbocycles. The van der Waals surface area contributed by atoms with Crippen LogP contribution in [0, 0.1) is 0 Å². The van der Waals surface area contributed by atoms with Gasteiger partial charge in [0.15, 0.2) is 0 Å². The molecular formula is C19H24N2O2. The van der Waals surface area contributed by atoms with Crippen LogP contribution in [-0.2, 0) is 17.9 Å². The second kappa shape index (κ2) is 7.11. The van der Waals surface area contributed by atoms with Crippen LogP contribution in [0.1, 0.15) is 31.5 Å². The standard InChI is InChI=1S/C19H24N2O2/c1-19(2)11-17(14-23-19)21-12-15-6-5-8-18(10-15)22-13-16-7-3-4-9-20-16/h3-10,17,21H,11-14H2,1-2H3. The molecule has 1 atom stereocenters. The molecule has 0 amide bonds. The lowest BCUT2D eigenvalue weighted by Gasteiger charge is -2.16. The van der Waals surface area contributed by atoms with Crippen LogP contribution in [0.25, 0.3) is 0 Å². The predicted octanol–water partition coefficient (Wildman–Crippen LogP) is 3.32. The normalized spacial score (nSPS) is 19.7. The van der Waals surface area contributed by atoms with Gasteiger partial charge in [0, 0.05) is 18.8 Å². The zero-order chi connectivity index (χ0) is 16.1. The van der Waals surface area contributed by atoms with Crippen molar-refractivity contribution in [2.24, 2.45) is 0 Å². The molecule has 0 saturated carbocycles. The van der Waals surface area contributed by atoms with E-state index in [1.165, 1.54) is 5.56 Å². The summed E-state index contributed by atoms with van der Waals surface area (Å²) in [7, 11) is 0. The van der Waals surface area contributed by atoms with Crippen LogP contribution in [0.4, 0.5) is 0 Å². The SMILES string of the molecule is CC1(C)CC(NCc2cccc(OCc3ccccn3)c2)CO1. The molecule has 1 aromatic carbocycles. The number of hydrogen-bond acceptors (Lipinski definition) is 4. The fourth-order valence-corrected chi connectivity index (χ4v) is 2.82. The second-order valence-corrected chi connectivity index (χ2v) is 6.61. The molecule has 1 N–H and O–H groups in total. The summed E-state index contributed by atoms with van der Waals surface area (Å²) >= 11 is 0. The average molecular weight is 312 g/mol. The van der Waals surface area contributed by atoms with Crippen molar-refractivity contribution in [1.82, 2.24) is 10.3 Å². The Morgan fingerprint density at radius 3 is 2.91 bits per heavy atom. The summed E-state index contributed by atoms with van der Waals surface area (Å²) in [6.45, 7) is 6.37. The van der Waals surface area contributed by atoms with Crippen molar-refractivity contribution >= 4 is 0 Å². The van der Waals surface area contributed by atoms with E-state index in [-0.39, 0.29) is 5.60 Å². The minimum atomic E-state index is -0.00862. The monoisotopic (exact) mass is 312 g/mol. The highest BCUT2D eigenvalue weighted by Crippen LogP contribution is 2.24. The summed E-state index contributed by atoms with van der Waals surface area (Å²) in [4.78, 5) is 4.27. The molecule has 23 heavy (non-hydrogen) atoms. The first-order valence-electron chi connectivity index (χ1n) is 8.10. The second-order valence-electron chi connectivity index (χ2n) is 6.61. The van der Waals surface area contributed by atoms with Gasteiger partial charge in [0.1, 0.15) is 12.4 Å². The van der Waals surface area contributed by atoms with Gasteiger partial charge in [-0.3, -0.25) is 4.98 Å². The molecule has 4 heteroatoms. The number of aromatic nitrogens is 1. The van der Waals surface area contributed by atoms with E-state index in [0.29, 0.717) is 12.6 Å². The molecule has 0 radical (unpaired) electrons. The van der Waals surface area contributed by atoms with E-state index in [1.54, 1.807) is 6.20 Å². The molecule has 122 valence electrons. The lowest BCUT2D eigenvalue weighted by atomic mass is 10.0. The Morgan fingerprint density at radius 2 is 2.17 bits per heavy atom. The number of benzene rings is 1. The summed E-state index contributed by atoms with van der Waals surface area (Å²) in [6, 6.07) is 14.5. The van der Waals surface area contributed by atoms with E-state index in [9.17, 15) is 0 Å². The van der Waals surface area contributed by atoms with Crippen LogP contribution in [-0.4, -0.2) is 23.2 Å². The van der Waals surface area contributed by atoms with Crippen LogP contribution in [0.15, 0.2) is 48.7 Å². The van der Waals surface area contributed by atoms with Crippen LogP contribution in [0.3, 0.4) is 0 Å². The molecule has 1 aromatic heterocycles. The quantitative estimate of drug-likeness (QED) is 0.888. The van der Waals surface area contributed by atoms with Crippen molar-refractivity contribution in [2.45, 2.75) is 45.1 Å². The Hall–Kier alpha value is -1.91. The number of nitrogens with zero attached hydrogens (tertiary/aromatic N) is 1. The number of rotatable bonds is 6. The number of hydrogen-bond donors (Lipinski definition) is 1. The van der Waals surface area contributed by atoms with Gasteiger partial charge >= 0.3 is 0 Å². The Labute approximate surface area is 137 Å². The molecule has 1 aliphatic rings. The summed E-state index contributed by atoms with van der Waals surface area (Å²) < 4.78 is 11.6. The fraction of sp³-hybridized carbons (Fsp3) is 0.421. The van der Waals surface area contributed by atoms with Gasteiger partial charge in [-0.25, -0.2) is 0 Å². The van der Waals surface area contributed by atoms with E-state index in [4.69, 9.17) is 9.47 Å². The molecule has 4 nitrogen and oxygen atoms in total. The maximum atomic E-state index is 5.82. The Kier molecular flexibility index (Phi) is 4.94. The average Bonchev–Trinajstić information content (AvgIpc) is 2.92. The van der Waals surface area contributed by atoms with E-state index < -0.39 is 0 Å². The summed E-state index contributed by atoms with van der Waals surface area (Å²) in [6.07, 6.45) is 2.83. The molecule has 0 spiro atoms. The summed E-state index contributed by atoms with van der Waals surface area (Å²) in [5.41, 5.74) is 2.14. The molecule has 3 rings (SSSR count). The van der Waals surface area contributed by atoms with Crippen LogP contribution in [0.2, 0.25) is 0 Å². The molecule has 1 aliphatic heterocycles. The molecule has 0 bridgehead atoms. The molecule has 2 heterocycles. The first-order chi connectivity index (χ1) is 11.1. The van der Waals surface area contributed by atoms with Gasteiger partial charge in [-0.05, 0) is 50.1 Å². The lowest BCUT2D eigenvalue weighted by Crippen LogP contribution is -2.29. The van der Waals surface area contributed by atoms with Crippen molar-refractivity contribution in [2.75, 3.05) is 6.61 Å². The van der Waals surface area contributed by atoms with Crippen LogP contribution < -0.4 is 10.1 Å². The van der Waals surface area contributed by atoms with Gasteiger partial charge in [-0.2, -0.15) is 0 Å². The lowest BCUT2D eigenvalue weighted by molar-refractivity contribution is 0.0357. The van der Waals surface area contributed by atoms with Gasteiger partial charge in [0.05, 0.1) is 17.9 Å². The van der Waals surface area contributed by atoms with Crippen LogP contribution in [0.5, 0.6) is 5.75 Å². The molecule has 1 unspecified atom stereocenters. The topological polar surface area (TPSA) is 43.4 Å². The molecule has 1 fully saturated rings. The predicted molar refractivity (Wildman–Crippen MR) is 90.3 cm³/mol. The smallest absolute Gasteiger partial charge is 0.130 e. The number of pyridine rings is 1. The summed E-state index contributed by atoms with van der Waals surface area (Å²) in [5.74, 6) is 0.873. The number of ether oxygens (including phenoxy) is 2. The van der Waals surface area contributed by atoms with Crippen molar-refractivity contribution < 1.29 is 9.47 Å². The van der Waals surface area contributed by atoms with Gasteiger partial charge in [-0.15, -0.1) is 0 Å². The minimum absolute atomic E-state index is 0.00862. The van der Waals surface area contributed by atoms with Crippen LogP contribution >= 0.6 is 0 Å². The largest absolute Gasteiger partial charge is 0.487 e. The van der Waals surface area contributed by atoms with Gasteiger partial charge in [-0.1, -0.05) is 18.2 Å². The van der Waals surface area contributed by atoms with E-state index in [2.05, 4.69) is 36.3 Å². The third kappa shape index (κ3) is 4.78. The maximum Gasteiger partial charge on any atom is 0.130 e. The molecular weight excluding hydrogens is 288 g/mol. The van der Waals surface area contributed by atoms with Crippen molar-refractivity contribution in [3.05, 3.63) is 59.9 Å². The van der Waals surface area contributed by atoms with Gasteiger partial charge in [0.2, 0.25) is 0 Å². The fourth-order valence-electron chi connectivity index (χ4n) is 2.82. The van der Waals surface area contributed by atoms with Crippen molar-refractivity contribution in [3.8, 4) is 5.75 Å². The molecule has 1 saturated heterocycles. The third-order valence-corrected chi connectivity index (χ3v) is 4.02. The van der Waals surface area contributed by atoms with Gasteiger partial charge in [0.25, 0.3) is 0 Å². The van der Waals surface area contributed by atoms with Gasteiger partial charge < -0.3 is 14.8 Å².